The quantitative estimate of drug-likeness (QED) is 0.720. The number of rotatable bonds is 6. The van der Waals surface area contributed by atoms with E-state index in [0.29, 0.717) is 32.1 Å². The maximum Gasteiger partial charge on any atom is 0.228 e. The first-order valence-electron chi connectivity index (χ1n) is 8.52. The first-order chi connectivity index (χ1) is 11.6. The SMILES string of the molecule is C=CCN(Cc1ccc(Cl)s1)C(=O)C1CC(=O)N(C2CCCC2)C1. The summed E-state index contributed by atoms with van der Waals surface area (Å²) in [5.74, 6) is -0.0419. The predicted molar refractivity (Wildman–Crippen MR) is 97.0 cm³/mol. The Kier molecular flexibility index (Phi) is 5.61. The van der Waals surface area contributed by atoms with Crippen LogP contribution in [-0.2, 0) is 16.1 Å². The normalized spacial score (nSPS) is 21.5. The topological polar surface area (TPSA) is 40.6 Å². The van der Waals surface area contributed by atoms with Crippen LogP contribution in [0.2, 0.25) is 4.34 Å². The maximum absolute atomic E-state index is 12.9. The third-order valence-corrected chi connectivity index (χ3v) is 6.13. The molecule has 0 N–H and O–H groups in total. The highest BCUT2D eigenvalue weighted by atomic mass is 35.5. The summed E-state index contributed by atoms with van der Waals surface area (Å²) < 4.78 is 0.722. The lowest BCUT2D eigenvalue weighted by Gasteiger charge is -2.26. The monoisotopic (exact) mass is 366 g/mol. The summed E-state index contributed by atoms with van der Waals surface area (Å²) in [5.41, 5.74) is 0. The van der Waals surface area contributed by atoms with Crippen LogP contribution in [-0.4, -0.2) is 40.7 Å². The van der Waals surface area contributed by atoms with Crippen molar-refractivity contribution in [2.75, 3.05) is 13.1 Å². The second kappa shape index (κ2) is 7.70. The van der Waals surface area contributed by atoms with Gasteiger partial charge in [0.1, 0.15) is 0 Å². The Morgan fingerprint density at radius 1 is 1.42 bits per heavy atom. The number of hydrogen-bond acceptors (Lipinski definition) is 3. The molecule has 0 aromatic carbocycles. The first-order valence-corrected chi connectivity index (χ1v) is 9.71. The third kappa shape index (κ3) is 3.83. The van der Waals surface area contributed by atoms with E-state index in [1.54, 1.807) is 11.0 Å². The number of amides is 2. The highest BCUT2D eigenvalue weighted by molar-refractivity contribution is 7.16. The van der Waals surface area contributed by atoms with E-state index in [0.717, 1.165) is 22.1 Å². The number of nitrogens with zero attached hydrogens (tertiary/aromatic N) is 2. The van der Waals surface area contributed by atoms with E-state index in [9.17, 15) is 9.59 Å². The van der Waals surface area contributed by atoms with Gasteiger partial charge in [-0.25, -0.2) is 0 Å². The molecule has 1 saturated heterocycles. The van der Waals surface area contributed by atoms with E-state index in [1.165, 1.54) is 24.2 Å². The molecule has 1 aliphatic heterocycles. The summed E-state index contributed by atoms with van der Waals surface area (Å²) in [5, 5.41) is 0. The van der Waals surface area contributed by atoms with E-state index >= 15 is 0 Å². The fraction of sp³-hybridized carbons (Fsp3) is 0.556. The highest BCUT2D eigenvalue weighted by Gasteiger charge is 2.39. The largest absolute Gasteiger partial charge is 0.339 e. The van der Waals surface area contributed by atoms with Crippen LogP contribution in [0.5, 0.6) is 0 Å². The van der Waals surface area contributed by atoms with Gasteiger partial charge in [-0.15, -0.1) is 17.9 Å². The number of carbonyl (C=O) groups is 2. The van der Waals surface area contributed by atoms with Crippen LogP contribution in [0.3, 0.4) is 0 Å². The Labute approximate surface area is 152 Å². The van der Waals surface area contributed by atoms with Crippen LogP contribution in [0, 0.1) is 5.92 Å². The van der Waals surface area contributed by atoms with Crippen molar-refractivity contribution in [1.29, 1.82) is 0 Å². The minimum absolute atomic E-state index is 0.0493. The summed E-state index contributed by atoms with van der Waals surface area (Å²) in [7, 11) is 0. The van der Waals surface area contributed by atoms with Gasteiger partial charge >= 0.3 is 0 Å². The molecule has 4 nitrogen and oxygen atoms in total. The van der Waals surface area contributed by atoms with Gasteiger partial charge in [0.15, 0.2) is 0 Å². The molecule has 1 aromatic heterocycles. The zero-order valence-corrected chi connectivity index (χ0v) is 15.3. The number of halogens is 1. The smallest absolute Gasteiger partial charge is 0.228 e. The maximum atomic E-state index is 12.9. The Balaban J connectivity index is 1.66. The van der Waals surface area contributed by atoms with Gasteiger partial charge in [0.25, 0.3) is 0 Å². The molecule has 130 valence electrons. The molecule has 2 heterocycles. The van der Waals surface area contributed by atoms with Crippen molar-refractivity contribution in [2.45, 2.75) is 44.7 Å². The van der Waals surface area contributed by atoms with Crippen molar-refractivity contribution in [1.82, 2.24) is 9.80 Å². The highest BCUT2D eigenvalue weighted by Crippen LogP contribution is 2.31. The van der Waals surface area contributed by atoms with Gasteiger partial charge in [-0.2, -0.15) is 0 Å². The minimum atomic E-state index is -0.228. The van der Waals surface area contributed by atoms with Crippen LogP contribution in [0.15, 0.2) is 24.8 Å². The molecule has 2 aliphatic rings. The molecule has 3 rings (SSSR count). The Bertz CT molecular complexity index is 624. The first kappa shape index (κ1) is 17.5. The molecular weight excluding hydrogens is 344 g/mol. The van der Waals surface area contributed by atoms with Gasteiger partial charge in [0.2, 0.25) is 11.8 Å². The minimum Gasteiger partial charge on any atom is -0.339 e. The second-order valence-electron chi connectivity index (χ2n) is 6.60. The van der Waals surface area contributed by atoms with Gasteiger partial charge in [0.05, 0.1) is 16.8 Å². The van der Waals surface area contributed by atoms with Crippen molar-refractivity contribution in [3.05, 3.63) is 34.0 Å². The number of carbonyl (C=O) groups excluding carboxylic acids is 2. The molecule has 0 bridgehead atoms. The molecule has 1 aliphatic carbocycles. The standard InChI is InChI=1S/C18H23ClN2O2S/c1-2-9-20(12-15-7-8-16(19)24-15)18(23)13-10-17(22)21(11-13)14-5-3-4-6-14/h2,7-8,13-14H,1,3-6,9-12H2. The van der Waals surface area contributed by atoms with Crippen LogP contribution in [0.1, 0.15) is 37.0 Å². The van der Waals surface area contributed by atoms with Gasteiger partial charge in [-0.3, -0.25) is 9.59 Å². The summed E-state index contributed by atoms with van der Waals surface area (Å²) in [6, 6.07) is 4.14. The molecule has 2 fully saturated rings. The molecule has 24 heavy (non-hydrogen) atoms. The zero-order chi connectivity index (χ0) is 17.1. The third-order valence-electron chi connectivity index (χ3n) is 4.91. The fourth-order valence-corrected chi connectivity index (χ4v) is 4.84. The van der Waals surface area contributed by atoms with E-state index in [1.807, 2.05) is 17.0 Å². The van der Waals surface area contributed by atoms with Gasteiger partial charge in [-0.05, 0) is 25.0 Å². The molecule has 1 atom stereocenters. The van der Waals surface area contributed by atoms with Crippen molar-refractivity contribution < 1.29 is 9.59 Å². The molecule has 1 aromatic rings. The summed E-state index contributed by atoms with van der Waals surface area (Å²) in [6.45, 7) is 5.34. The molecule has 1 saturated carbocycles. The molecule has 0 spiro atoms. The number of hydrogen-bond donors (Lipinski definition) is 0. The molecule has 1 unspecified atom stereocenters. The van der Waals surface area contributed by atoms with Crippen LogP contribution in [0.4, 0.5) is 0 Å². The molecule has 6 heteroatoms. The van der Waals surface area contributed by atoms with E-state index in [-0.39, 0.29) is 17.7 Å². The fourth-order valence-electron chi connectivity index (χ4n) is 3.74. The van der Waals surface area contributed by atoms with Crippen LogP contribution in [0.25, 0.3) is 0 Å². The second-order valence-corrected chi connectivity index (χ2v) is 8.40. The molecule has 0 radical (unpaired) electrons. The Morgan fingerprint density at radius 3 is 2.79 bits per heavy atom. The Morgan fingerprint density at radius 2 is 2.17 bits per heavy atom. The number of thiophene rings is 1. The van der Waals surface area contributed by atoms with Crippen molar-refractivity contribution in [3.8, 4) is 0 Å². The van der Waals surface area contributed by atoms with Gasteiger partial charge in [-0.1, -0.05) is 30.5 Å². The van der Waals surface area contributed by atoms with Crippen LogP contribution >= 0.6 is 22.9 Å². The predicted octanol–water partition coefficient (Wildman–Crippen LogP) is 3.71. The number of likely N-dealkylation sites (tertiary alicyclic amines) is 1. The lowest BCUT2D eigenvalue weighted by Crippen LogP contribution is -2.38. The van der Waals surface area contributed by atoms with Crippen molar-refractivity contribution in [2.24, 2.45) is 5.92 Å². The molecular formula is C18H23ClN2O2S. The molecule has 2 amide bonds. The summed E-state index contributed by atoms with van der Waals surface area (Å²) in [4.78, 5) is 30.0. The Hall–Kier alpha value is -1.33. The zero-order valence-electron chi connectivity index (χ0n) is 13.7. The summed E-state index contributed by atoms with van der Waals surface area (Å²) >= 11 is 7.47. The average Bonchev–Trinajstić information content (AvgIpc) is 3.27. The van der Waals surface area contributed by atoms with Crippen LogP contribution < -0.4 is 0 Å². The van der Waals surface area contributed by atoms with Crippen molar-refractivity contribution >= 4 is 34.8 Å². The lowest BCUT2D eigenvalue weighted by atomic mass is 10.1. The lowest BCUT2D eigenvalue weighted by molar-refractivity contribution is -0.135. The van der Waals surface area contributed by atoms with E-state index in [2.05, 4.69) is 6.58 Å². The van der Waals surface area contributed by atoms with Gasteiger partial charge in [0, 0.05) is 30.4 Å². The van der Waals surface area contributed by atoms with E-state index in [4.69, 9.17) is 11.6 Å². The van der Waals surface area contributed by atoms with E-state index < -0.39 is 0 Å². The van der Waals surface area contributed by atoms with Gasteiger partial charge < -0.3 is 9.80 Å². The van der Waals surface area contributed by atoms with Crippen molar-refractivity contribution in [3.63, 3.8) is 0 Å². The summed E-state index contributed by atoms with van der Waals surface area (Å²) in [6.07, 6.45) is 6.61. The average molecular weight is 367 g/mol.